The van der Waals surface area contributed by atoms with E-state index >= 15 is 0 Å². The van der Waals surface area contributed by atoms with E-state index in [-0.39, 0.29) is 12.6 Å². The van der Waals surface area contributed by atoms with Crippen molar-refractivity contribution >= 4 is 28.6 Å². The van der Waals surface area contributed by atoms with Crippen molar-refractivity contribution < 1.29 is 14.6 Å². The number of fused-ring (bicyclic) bond motifs is 1. The van der Waals surface area contributed by atoms with Gasteiger partial charge in [0.05, 0.1) is 11.9 Å². The minimum atomic E-state index is -0.775. The van der Waals surface area contributed by atoms with Gasteiger partial charge >= 0.3 is 5.97 Å². The number of carboxylic acid groups (broad SMARTS) is 1. The van der Waals surface area contributed by atoms with Gasteiger partial charge in [-0.1, -0.05) is 0 Å². The van der Waals surface area contributed by atoms with Gasteiger partial charge in [0.25, 0.3) is 0 Å². The summed E-state index contributed by atoms with van der Waals surface area (Å²) in [5.74, 6) is -0.229. The third-order valence-corrected chi connectivity index (χ3v) is 5.62. The van der Waals surface area contributed by atoms with E-state index in [1.165, 1.54) is 0 Å². The van der Waals surface area contributed by atoms with Crippen molar-refractivity contribution in [3.8, 4) is 11.3 Å². The second-order valence-corrected chi connectivity index (χ2v) is 7.70. The summed E-state index contributed by atoms with van der Waals surface area (Å²) in [5, 5.41) is 14.8. The number of hydrogen-bond donors (Lipinski definition) is 1. The zero-order valence-electron chi connectivity index (χ0n) is 14.9. The molecule has 140 valence electrons. The van der Waals surface area contributed by atoms with Crippen LogP contribution in [0.3, 0.4) is 0 Å². The van der Waals surface area contributed by atoms with Gasteiger partial charge in [-0.15, -0.1) is 11.8 Å². The van der Waals surface area contributed by atoms with E-state index in [0.29, 0.717) is 5.75 Å². The molecule has 27 heavy (non-hydrogen) atoms. The summed E-state index contributed by atoms with van der Waals surface area (Å²) in [6, 6.07) is 10.1. The Morgan fingerprint density at radius 2 is 2.26 bits per heavy atom. The number of thioether (sulfide) groups is 1. The van der Waals surface area contributed by atoms with E-state index in [2.05, 4.69) is 17.1 Å². The van der Waals surface area contributed by atoms with Gasteiger partial charge < -0.3 is 9.84 Å². The van der Waals surface area contributed by atoms with E-state index in [9.17, 15) is 4.79 Å². The Labute approximate surface area is 161 Å². The lowest BCUT2D eigenvalue weighted by atomic mass is 10.1. The lowest BCUT2D eigenvalue weighted by molar-refractivity contribution is -0.136. The molecule has 7 heteroatoms. The van der Waals surface area contributed by atoms with Gasteiger partial charge in [-0.05, 0) is 49.6 Å². The highest BCUT2D eigenvalue weighted by Crippen LogP contribution is 2.34. The van der Waals surface area contributed by atoms with Crippen LogP contribution in [0, 0.1) is 0 Å². The van der Waals surface area contributed by atoms with Crippen molar-refractivity contribution in [2.75, 3.05) is 12.4 Å². The standard InChI is InChI=1S/C20H21N3O3S/c24-19(25)8-11-27-15-6-7-16-17(12-15)23(18-5-1-2-10-26-18)22-20(16)14-4-3-9-21-13-14/h3-4,6-7,9,12-13,18H,1-2,5,8,10-11H2,(H,24,25). The normalized spacial score (nSPS) is 17.3. The first kappa shape index (κ1) is 18.0. The third-order valence-electron chi connectivity index (χ3n) is 4.63. The average molecular weight is 383 g/mol. The van der Waals surface area contributed by atoms with Gasteiger partial charge in [0, 0.05) is 40.6 Å². The number of carboxylic acids is 1. The Kier molecular flexibility index (Phi) is 5.40. The fourth-order valence-electron chi connectivity index (χ4n) is 3.31. The van der Waals surface area contributed by atoms with Crippen LogP contribution in [0.1, 0.15) is 31.9 Å². The number of carbonyl (C=O) groups is 1. The third kappa shape index (κ3) is 3.99. The number of aliphatic carboxylic acids is 1. The van der Waals surface area contributed by atoms with Gasteiger partial charge in [-0.2, -0.15) is 5.10 Å². The predicted molar refractivity (Wildman–Crippen MR) is 105 cm³/mol. The average Bonchev–Trinajstić information content (AvgIpc) is 3.08. The molecule has 3 heterocycles. The highest BCUT2D eigenvalue weighted by molar-refractivity contribution is 7.99. The molecule has 1 unspecified atom stereocenters. The molecule has 4 rings (SSSR count). The maximum Gasteiger partial charge on any atom is 0.304 e. The molecule has 0 aliphatic carbocycles. The number of aromatic nitrogens is 3. The topological polar surface area (TPSA) is 77.2 Å². The minimum Gasteiger partial charge on any atom is -0.481 e. The van der Waals surface area contributed by atoms with E-state index in [4.69, 9.17) is 14.9 Å². The Morgan fingerprint density at radius 3 is 3.00 bits per heavy atom. The number of benzene rings is 1. The van der Waals surface area contributed by atoms with Crippen molar-refractivity contribution in [2.24, 2.45) is 0 Å². The first-order valence-electron chi connectivity index (χ1n) is 9.11. The van der Waals surface area contributed by atoms with Crippen molar-refractivity contribution in [2.45, 2.75) is 36.8 Å². The fraction of sp³-hybridized carbons (Fsp3) is 0.350. The van der Waals surface area contributed by atoms with Gasteiger partial charge in [-0.25, -0.2) is 4.68 Å². The summed E-state index contributed by atoms with van der Waals surface area (Å²) in [5.41, 5.74) is 2.89. The summed E-state index contributed by atoms with van der Waals surface area (Å²) >= 11 is 1.55. The molecule has 1 aliphatic heterocycles. The van der Waals surface area contributed by atoms with E-state index < -0.39 is 5.97 Å². The number of hydrogen-bond acceptors (Lipinski definition) is 5. The van der Waals surface area contributed by atoms with Gasteiger partial charge in [0.2, 0.25) is 0 Å². The smallest absolute Gasteiger partial charge is 0.304 e. The molecule has 6 nitrogen and oxygen atoms in total. The van der Waals surface area contributed by atoms with Gasteiger partial charge in [0.1, 0.15) is 5.69 Å². The largest absolute Gasteiger partial charge is 0.481 e. The Balaban J connectivity index is 1.74. The van der Waals surface area contributed by atoms with Gasteiger partial charge in [0.15, 0.2) is 6.23 Å². The molecule has 0 bridgehead atoms. The minimum absolute atomic E-state index is 0.0639. The number of rotatable bonds is 6. The van der Waals surface area contributed by atoms with Crippen LogP contribution >= 0.6 is 11.8 Å². The lowest BCUT2D eigenvalue weighted by Crippen LogP contribution is -2.19. The van der Waals surface area contributed by atoms with Crippen LogP contribution in [0.4, 0.5) is 0 Å². The molecule has 1 N–H and O–H groups in total. The number of pyridine rings is 1. The molecule has 1 aromatic carbocycles. The molecule has 0 amide bonds. The zero-order valence-corrected chi connectivity index (χ0v) is 15.7. The van der Waals surface area contributed by atoms with E-state index in [0.717, 1.165) is 52.9 Å². The van der Waals surface area contributed by atoms with Gasteiger partial charge in [-0.3, -0.25) is 9.78 Å². The van der Waals surface area contributed by atoms with Crippen molar-refractivity contribution in [3.05, 3.63) is 42.7 Å². The quantitative estimate of drug-likeness (QED) is 0.637. The predicted octanol–water partition coefficient (Wildman–Crippen LogP) is 4.36. The van der Waals surface area contributed by atoms with Crippen LogP contribution < -0.4 is 0 Å². The SMILES string of the molecule is O=C(O)CCSc1ccc2c(-c3cccnc3)nn(C3CCCCO3)c2c1. The van der Waals surface area contributed by atoms with Crippen LogP contribution in [0.25, 0.3) is 22.2 Å². The summed E-state index contributed by atoms with van der Waals surface area (Å²) < 4.78 is 7.96. The van der Waals surface area contributed by atoms with E-state index in [1.54, 1.807) is 18.0 Å². The summed E-state index contributed by atoms with van der Waals surface area (Å²) in [6.45, 7) is 0.751. The highest BCUT2D eigenvalue weighted by atomic mass is 32.2. The van der Waals surface area contributed by atoms with Crippen LogP contribution in [0.5, 0.6) is 0 Å². The van der Waals surface area contributed by atoms with Crippen molar-refractivity contribution in [1.82, 2.24) is 14.8 Å². The number of nitrogens with zero attached hydrogens (tertiary/aromatic N) is 3. The molecule has 1 fully saturated rings. The van der Waals surface area contributed by atoms with Crippen molar-refractivity contribution in [3.63, 3.8) is 0 Å². The lowest BCUT2D eigenvalue weighted by Gasteiger charge is -2.23. The summed E-state index contributed by atoms with van der Waals surface area (Å²) in [7, 11) is 0. The summed E-state index contributed by atoms with van der Waals surface area (Å²) in [6.07, 6.45) is 6.82. The van der Waals surface area contributed by atoms with Crippen LogP contribution in [-0.4, -0.2) is 38.2 Å². The van der Waals surface area contributed by atoms with Crippen molar-refractivity contribution in [1.29, 1.82) is 0 Å². The first-order valence-corrected chi connectivity index (χ1v) is 10.1. The fourth-order valence-corrected chi connectivity index (χ4v) is 4.19. The maximum absolute atomic E-state index is 10.8. The van der Waals surface area contributed by atoms with Crippen LogP contribution in [-0.2, 0) is 9.53 Å². The summed E-state index contributed by atoms with van der Waals surface area (Å²) in [4.78, 5) is 16.0. The first-order chi connectivity index (χ1) is 13.2. The molecule has 0 saturated carbocycles. The molecule has 2 aromatic heterocycles. The molecule has 1 aliphatic rings. The van der Waals surface area contributed by atoms with E-state index in [1.807, 2.05) is 29.1 Å². The monoisotopic (exact) mass is 383 g/mol. The molecule has 1 atom stereocenters. The zero-order chi connectivity index (χ0) is 18.6. The van der Waals surface area contributed by atoms with Crippen LogP contribution in [0.2, 0.25) is 0 Å². The second-order valence-electron chi connectivity index (χ2n) is 6.53. The Morgan fingerprint density at radius 1 is 1.33 bits per heavy atom. The molecular weight excluding hydrogens is 362 g/mol. The Bertz CT molecular complexity index is 936. The molecule has 1 saturated heterocycles. The maximum atomic E-state index is 10.8. The molecule has 0 spiro atoms. The second kappa shape index (κ2) is 8.10. The molecule has 0 radical (unpaired) electrons. The van der Waals surface area contributed by atoms with Crippen LogP contribution in [0.15, 0.2) is 47.6 Å². The Hall–Kier alpha value is -2.38. The molecular formula is C20H21N3O3S. The number of ether oxygens (including phenoxy) is 1. The molecule has 3 aromatic rings. The highest BCUT2D eigenvalue weighted by Gasteiger charge is 2.22.